The molecule has 1 aromatic rings. The van der Waals surface area contributed by atoms with Gasteiger partial charge in [0.1, 0.15) is 0 Å². The number of aliphatic hydroxyl groups is 1. The highest BCUT2D eigenvalue weighted by molar-refractivity contribution is 7.08. The first kappa shape index (κ1) is 9.22. The molecular formula is C11H16OS. The highest BCUT2D eigenvalue weighted by atomic mass is 32.1. The van der Waals surface area contributed by atoms with Crippen molar-refractivity contribution < 1.29 is 5.11 Å². The first-order valence-corrected chi connectivity index (χ1v) is 5.93. The van der Waals surface area contributed by atoms with Crippen molar-refractivity contribution in [3.63, 3.8) is 0 Å². The molecule has 1 aromatic heterocycles. The minimum atomic E-state index is -0.530. The van der Waals surface area contributed by atoms with E-state index in [1.165, 1.54) is 6.42 Å². The van der Waals surface area contributed by atoms with E-state index < -0.39 is 5.60 Å². The fourth-order valence-electron chi connectivity index (χ4n) is 2.27. The van der Waals surface area contributed by atoms with Gasteiger partial charge in [-0.3, -0.25) is 0 Å². The maximum absolute atomic E-state index is 10.5. The summed E-state index contributed by atoms with van der Waals surface area (Å²) >= 11 is 1.67. The van der Waals surface area contributed by atoms with Gasteiger partial charge in [0.25, 0.3) is 0 Å². The molecule has 72 valence electrons. The molecule has 1 saturated carbocycles. The lowest BCUT2D eigenvalue weighted by molar-refractivity contribution is -0.0466. The molecule has 1 nitrogen and oxygen atoms in total. The summed E-state index contributed by atoms with van der Waals surface area (Å²) in [5, 5.41) is 14.6. The molecule has 0 saturated heterocycles. The molecule has 0 amide bonds. The standard InChI is InChI=1S/C11H16OS/c1-9-4-2-3-6-11(9,12)10-5-7-13-8-10/h5,7-9,12H,2-4,6H2,1H3. The van der Waals surface area contributed by atoms with Gasteiger partial charge in [0.05, 0.1) is 5.60 Å². The Morgan fingerprint density at radius 2 is 2.38 bits per heavy atom. The zero-order valence-corrected chi connectivity index (χ0v) is 8.81. The number of hydrogen-bond acceptors (Lipinski definition) is 2. The molecule has 1 aliphatic rings. The molecule has 2 heteroatoms. The second kappa shape index (κ2) is 3.43. The van der Waals surface area contributed by atoms with E-state index in [0.29, 0.717) is 5.92 Å². The summed E-state index contributed by atoms with van der Waals surface area (Å²) in [6.07, 6.45) is 4.53. The van der Waals surface area contributed by atoms with Gasteiger partial charge in [-0.05, 0) is 41.1 Å². The van der Waals surface area contributed by atoms with Gasteiger partial charge in [-0.2, -0.15) is 11.3 Å². The largest absolute Gasteiger partial charge is 0.385 e. The first-order valence-electron chi connectivity index (χ1n) is 4.98. The third-order valence-electron chi connectivity index (χ3n) is 3.28. The van der Waals surface area contributed by atoms with Crippen LogP contribution in [0.4, 0.5) is 0 Å². The van der Waals surface area contributed by atoms with Crippen molar-refractivity contribution >= 4 is 11.3 Å². The lowest BCUT2D eigenvalue weighted by atomic mass is 9.73. The molecule has 1 N–H and O–H groups in total. The third kappa shape index (κ3) is 1.53. The average molecular weight is 196 g/mol. The SMILES string of the molecule is CC1CCCCC1(O)c1ccsc1. The molecule has 1 fully saturated rings. The van der Waals surface area contributed by atoms with Crippen LogP contribution in [0.1, 0.15) is 38.2 Å². The summed E-state index contributed by atoms with van der Waals surface area (Å²) in [5.41, 5.74) is 0.600. The van der Waals surface area contributed by atoms with E-state index in [4.69, 9.17) is 0 Å². The lowest BCUT2D eigenvalue weighted by Gasteiger charge is -2.37. The second-order valence-electron chi connectivity index (χ2n) is 4.08. The molecule has 0 aliphatic heterocycles. The average Bonchev–Trinajstić information content (AvgIpc) is 2.63. The highest BCUT2D eigenvalue weighted by Crippen LogP contribution is 2.41. The summed E-state index contributed by atoms with van der Waals surface area (Å²) in [6.45, 7) is 2.16. The topological polar surface area (TPSA) is 20.2 Å². The molecule has 2 rings (SSSR count). The predicted octanol–water partition coefficient (Wildman–Crippen LogP) is 3.15. The summed E-state index contributed by atoms with van der Waals surface area (Å²) in [7, 11) is 0. The number of rotatable bonds is 1. The van der Waals surface area contributed by atoms with Crippen LogP contribution in [-0.4, -0.2) is 5.11 Å². The minimum absolute atomic E-state index is 0.413. The molecule has 0 aromatic carbocycles. The summed E-state index contributed by atoms with van der Waals surface area (Å²) in [4.78, 5) is 0. The lowest BCUT2D eigenvalue weighted by Crippen LogP contribution is -2.35. The summed E-state index contributed by atoms with van der Waals surface area (Å²) < 4.78 is 0. The number of thiophene rings is 1. The van der Waals surface area contributed by atoms with Gasteiger partial charge in [0.2, 0.25) is 0 Å². The molecule has 2 atom stereocenters. The van der Waals surface area contributed by atoms with Crippen LogP contribution in [0, 0.1) is 5.92 Å². The van der Waals surface area contributed by atoms with Crippen LogP contribution < -0.4 is 0 Å². The van der Waals surface area contributed by atoms with Crippen LogP contribution >= 0.6 is 11.3 Å². The Morgan fingerprint density at radius 1 is 1.54 bits per heavy atom. The molecule has 1 heterocycles. The van der Waals surface area contributed by atoms with Crippen molar-refractivity contribution in [1.29, 1.82) is 0 Å². The number of hydrogen-bond donors (Lipinski definition) is 1. The van der Waals surface area contributed by atoms with E-state index in [-0.39, 0.29) is 0 Å². The van der Waals surface area contributed by atoms with Crippen molar-refractivity contribution in [3.05, 3.63) is 22.4 Å². The van der Waals surface area contributed by atoms with E-state index in [1.54, 1.807) is 11.3 Å². The van der Waals surface area contributed by atoms with Crippen molar-refractivity contribution in [3.8, 4) is 0 Å². The predicted molar refractivity (Wildman–Crippen MR) is 55.8 cm³/mol. The van der Waals surface area contributed by atoms with Gasteiger partial charge in [0.15, 0.2) is 0 Å². The van der Waals surface area contributed by atoms with Crippen molar-refractivity contribution in [2.45, 2.75) is 38.2 Å². The second-order valence-corrected chi connectivity index (χ2v) is 4.86. The van der Waals surface area contributed by atoms with E-state index in [2.05, 4.69) is 23.8 Å². The Morgan fingerprint density at radius 3 is 3.00 bits per heavy atom. The van der Waals surface area contributed by atoms with Gasteiger partial charge in [-0.15, -0.1) is 0 Å². The Balaban J connectivity index is 2.27. The van der Waals surface area contributed by atoms with E-state index >= 15 is 0 Å². The Kier molecular flexibility index (Phi) is 2.43. The van der Waals surface area contributed by atoms with E-state index in [0.717, 1.165) is 24.8 Å². The molecule has 0 bridgehead atoms. The summed E-state index contributed by atoms with van der Waals surface area (Å²) in [5.74, 6) is 0.413. The van der Waals surface area contributed by atoms with Gasteiger partial charge < -0.3 is 5.11 Å². The molecule has 0 radical (unpaired) electrons. The molecule has 0 spiro atoms. The Bertz CT molecular complexity index is 268. The van der Waals surface area contributed by atoms with Crippen LogP contribution in [0.5, 0.6) is 0 Å². The van der Waals surface area contributed by atoms with Gasteiger partial charge in [-0.25, -0.2) is 0 Å². The smallest absolute Gasteiger partial charge is 0.0929 e. The maximum atomic E-state index is 10.5. The van der Waals surface area contributed by atoms with Crippen molar-refractivity contribution in [2.75, 3.05) is 0 Å². The molecule has 2 unspecified atom stereocenters. The zero-order valence-electron chi connectivity index (χ0n) is 7.99. The zero-order chi connectivity index (χ0) is 9.31. The highest BCUT2D eigenvalue weighted by Gasteiger charge is 2.37. The van der Waals surface area contributed by atoms with Crippen LogP contribution in [0.15, 0.2) is 16.8 Å². The van der Waals surface area contributed by atoms with E-state index in [9.17, 15) is 5.11 Å². The van der Waals surface area contributed by atoms with Crippen LogP contribution in [0.3, 0.4) is 0 Å². The van der Waals surface area contributed by atoms with Crippen LogP contribution in [0.2, 0.25) is 0 Å². The monoisotopic (exact) mass is 196 g/mol. The summed E-state index contributed by atoms with van der Waals surface area (Å²) in [6, 6.07) is 2.06. The fourth-order valence-corrected chi connectivity index (χ4v) is 3.00. The van der Waals surface area contributed by atoms with Crippen molar-refractivity contribution in [1.82, 2.24) is 0 Å². The molecular weight excluding hydrogens is 180 g/mol. The van der Waals surface area contributed by atoms with Crippen LogP contribution in [0.25, 0.3) is 0 Å². The third-order valence-corrected chi connectivity index (χ3v) is 3.96. The van der Waals surface area contributed by atoms with Crippen molar-refractivity contribution in [2.24, 2.45) is 5.92 Å². The van der Waals surface area contributed by atoms with Gasteiger partial charge in [-0.1, -0.05) is 19.8 Å². The maximum Gasteiger partial charge on any atom is 0.0929 e. The fraction of sp³-hybridized carbons (Fsp3) is 0.636. The molecule has 13 heavy (non-hydrogen) atoms. The quantitative estimate of drug-likeness (QED) is 0.731. The molecule has 1 aliphatic carbocycles. The van der Waals surface area contributed by atoms with Gasteiger partial charge >= 0.3 is 0 Å². The normalized spacial score (nSPS) is 34.8. The first-order chi connectivity index (χ1) is 6.23. The minimum Gasteiger partial charge on any atom is -0.385 e. The Hall–Kier alpha value is -0.340. The Labute approximate surface area is 83.4 Å². The van der Waals surface area contributed by atoms with Crippen LogP contribution in [-0.2, 0) is 5.60 Å². The van der Waals surface area contributed by atoms with Gasteiger partial charge in [0, 0.05) is 0 Å². The van der Waals surface area contributed by atoms with E-state index in [1.807, 2.05) is 0 Å².